The van der Waals surface area contributed by atoms with Crippen LogP contribution in [0.25, 0.3) is 0 Å². The Bertz CT molecular complexity index is 1380. The number of carbonyl (C=O) groups excluding carboxylic acids is 5. The largest absolute Gasteiger partial charge is 0.458 e. The number of benzene rings is 1. The highest BCUT2D eigenvalue weighted by Gasteiger charge is 2.51. The summed E-state index contributed by atoms with van der Waals surface area (Å²) in [5.74, 6) is -5.58. The highest BCUT2D eigenvalue weighted by Crippen LogP contribution is 2.38. The number of esters is 2. The average molecular weight is 688 g/mol. The van der Waals surface area contributed by atoms with E-state index in [-0.39, 0.29) is 36.8 Å². The zero-order valence-corrected chi connectivity index (χ0v) is 30.3. The zero-order valence-electron chi connectivity index (χ0n) is 30.3. The number of hydrogen-bond acceptors (Lipinski definition) is 12. The molecule has 11 atom stereocenters. The maximum absolute atomic E-state index is 14.1. The minimum absolute atomic E-state index is 0.0335. The number of aliphatic hydroxyl groups is 1. The van der Waals surface area contributed by atoms with Crippen LogP contribution in [0.15, 0.2) is 42.0 Å². The van der Waals surface area contributed by atoms with E-state index < -0.39 is 77.1 Å². The number of Topliss-reactive ketones (excluding diaryl/α,β-unsaturated/α-hetero) is 2. The smallest absolute Gasteiger partial charge is 0.338 e. The number of likely N-dealkylation sites (N-methyl/N-ethyl adjacent to an activating group) is 1. The quantitative estimate of drug-likeness (QED) is 0.241. The maximum Gasteiger partial charge on any atom is 0.338 e. The van der Waals surface area contributed by atoms with Gasteiger partial charge in [-0.1, -0.05) is 39.0 Å². The van der Waals surface area contributed by atoms with Gasteiger partial charge in [0.05, 0.1) is 29.4 Å². The summed E-state index contributed by atoms with van der Waals surface area (Å²) in [5, 5.41) is 11.2. The molecule has 0 spiro atoms. The van der Waals surface area contributed by atoms with Gasteiger partial charge in [-0.2, -0.15) is 0 Å². The van der Waals surface area contributed by atoms with Crippen LogP contribution in [0.5, 0.6) is 0 Å². The maximum atomic E-state index is 14.1. The van der Waals surface area contributed by atoms with Crippen molar-refractivity contribution < 1.29 is 52.8 Å². The van der Waals surface area contributed by atoms with Crippen LogP contribution in [0, 0.1) is 17.8 Å². The van der Waals surface area contributed by atoms with Gasteiger partial charge in [-0.3, -0.25) is 19.2 Å². The third kappa shape index (κ3) is 9.09. The molecular weight excluding hydrogens is 634 g/mol. The SMILES string of the molecule is CC[C@H]1OC(=O)[C@H](C)C(=O)[C@H](C)[C@@H](O[C@@H]2O[C@H](C)C[C@H](N(C)C)[C@H]2OC(=O)c2ccccc2)[C@](C)(OC)C[C@@H](C)C(=O)/C(C)=C/[C@@]1(O)C=O. The molecule has 0 aliphatic carbocycles. The van der Waals surface area contributed by atoms with Crippen molar-refractivity contribution in [3.8, 4) is 0 Å². The fourth-order valence-corrected chi connectivity index (χ4v) is 6.90. The summed E-state index contributed by atoms with van der Waals surface area (Å²) in [6.45, 7) is 11.3. The summed E-state index contributed by atoms with van der Waals surface area (Å²) in [6.07, 6.45) is -2.97. The summed E-state index contributed by atoms with van der Waals surface area (Å²) < 4.78 is 30.7. The first kappa shape index (κ1) is 40.1. The molecule has 0 unspecified atom stereocenters. The second-order valence-electron chi connectivity index (χ2n) is 13.9. The number of methoxy groups -OCH3 is 1. The highest BCUT2D eigenvalue weighted by molar-refractivity contribution is 6.00. The summed E-state index contributed by atoms with van der Waals surface area (Å²) in [4.78, 5) is 68.6. The third-order valence-corrected chi connectivity index (χ3v) is 9.86. The van der Waals surface area contributed by atoms with Gasteiger partial charge >= 0.3 is 11.9 Å². The van der Waals surface area contributed by atoms with E-state index in [0.29, 0.717) is 12.0 Å². The molecule has 1 N–H and O–H groups in total. The molecule has 2 heterocycles. The van der Waals surface area contributed by atoms with Gasteiger partial charge in [0.25, 0.3) is 0 Å². The molecule has 0 amide bonds. The Morgan fingerprint density at radius 2 is 1.73 bits per heavy atom. The molecule has 12 heteroatoms. The molecule has 272 valence electrons. The van der Waals surface area contributed by atoms with E-state index >= 15 is 0 Å². The second-order valence-corrected chi connectivity index (χ2v) is 13.9. The fourth-order valence-electron chi connectivity index (χ4n) is 6.90. The molecule has 1 aromatic rings. The van der Waals surface area contributed by atoms with Crippen LogP contribution >= 0.6 is 0 Å². The van der Waals surface area contributed by atoms with Crippen LogP contribution in [0.4, 0.5) is 0 Å². The number of nitrogens with zero attached hydrogens (tertiary/aromatic N) is 1. The highest BCUT2D eigenvalue weighted by atomic mass is 16.7. The lowest BCUT2D eigenvalue weighted by Crippen LogP contribution is -2.60. The average Bonchev–Trinajstić information content (AvgIpc) is 3.08. The van der Waals surface area contributed by atoms with Crippen molar-refractivity contribution in [2.45, 2.75) is 116 Å². The molecule has 0 aromatic heterocycles. The first-order valence-electron chi connectivity index (χ1n) is 16.9. The molecule has 49 heavy (non-hydrogen) atoms. The predicted molar refractivity (Wildman–Crippen MR) is 179 cm³/mol. The van der Waals surface area contributed by atoms with Crippen molar-refractivity contribution in [2.75, 3.05) is 21.2 Å². The van der Waals surface area contributed by atoms with Crippen LogP contribution in [0.3, 0.4) is 0 Å². The van der Waals surface area contributed by atoms with Gasteiger partial charge in [0.15, 0.2) is 35.8 Å². The number of rotatable bonds is 8. The molecule has 2 aliphatic rings. The summed E-state index contributed by atoms with van der Waals surface area (Å²) in [7, 11) is 5.16. The van der Waals surface area contributed by atoms with Crippen molar-refractivity contribution >= 4 is 29.8 Å². The number of ketones is 2. The molecule has 0 saturated carbocycles. The molecule has 12 nitrogen and oxygen atoms in total. The van der Waals surface area contributed by atoms with Gasteiger partial charge < -0.3 is 33.7 Å². The molecule has 0 bridgehead atoms. The van der Waals surface area contributed by atoms with E-state index in [1.54, 1.807) is 58.0 Å². The van der Waals surface area contributed by atoms with Gasteiger partial charge in [-0.15, -0.1) is 0 Å². The standard InChI is InChI=1S/C37H53NO11/c1-11-28-37(44,20-39)19-22(3)29(40)21(2)18-36(7,45-10)32(24(5)30(41)25(6)33(42)47-28)49-35-31(27(38(8)9)17-23(4)46-35)48-34(43)26-15-13-12-14-16-26/h12-16,19-21,23-25,27-28,31-32,35,44H,11,17-18H2,1-10H3/b22-19+/t21-,23-,24+,25-,27+,28-,31-,32-,35+,36-,37-/m1/s1. The number of aldehydes is 1. The molecule has 1 fully saturated rings. The summed E-state index contributed by atoms with van der Waals surface area (Å²) in [6, 6.07) is 8.21. The molecule has 1 aromatic carbocycles. The normalized spacial score (nSPS) is 37.8. The van der Waals surface area contributed by atoms with Crippen LogP contribution in [0.2, 0.25) is 0 Å². The summed E-state index contributed by atoms with van der Waals surface area (Å²) in [5.41, 5.74) is -3.19. The number of carbonyl (C=O) groups is 5. The Morgan fingerprint density at radius 1 is 1.10 bits per heavy atom. The van der Waals surface area contributed by atoms with E-state index in [9.17, 15) is 29.1 Å². The van der Waals surface area contributed by atoms with Crippen LogP contribution < -0.4 is 0 Å². The minimum Gasteiger partial charge on any atom is -0.458 e. The first-order valence-corrected chi connectivity index (χ1v) is 16.9. The first-order chi connectivity index (χ1) is 22.9. The topological polar surface area (TPSA) is 155 Å². The van der Waals surface area contributed by atoms with Gasteiger partial charge in [0.2, 0.25) is 0 Å². The van der Waals surface area contributed by atoms with Crippen LogP contribution in [-0.2, 0) is 42.9 Å². The van der Waals surface area contributed by atoms with Gasteiger partial charge in [0.1, 0.15) is 12.0 Å². The van der Waals surface area contributed by atoms with E-state index in [4.69, 9.17) is 23.7 Å². The van der Waals surface area contributed by atoms with E-state index in [0.717, 1.165) is 6.08 Å². The fraction of sp³-hybridized carbons (Fsp3) is 0.649. The van der Waals surface area contributed by atoms with Crippen molar-refractivity contribution in [2.24, 2.45) is 17.8 Å². The lowest BCUT2D eigenvalue weighted by Gasteiger charge is -2.47. The van der Waals surface area contributed by atoms with Gasteiger partial charge in [-0.05, 0) is 84.8 Å². The predicted octanol–water partition coefficient (Wildman–Crippen LogP) is 3.72. The number of allylic oxidation sites excluding steroid dienone is 1. The Balaban J connectivity index is 2.14. The molecular formula is C37H53NO11. The molecule has 3 rings (SSSR count). The third-order valence-electron chi connectivity index (χ3n) is 9.86. The van der Waals surface area contributed by atoms with Gasteiger partial charge in [-0.25, -0.2) is 4.79 Å². The number of hydrogen-bond donors (Lipinski definition) is 1. The van der Waals surface area contributed by atoms with Crippen molar-refractivity contribution in [1.29, 1.82) is 0 Å². The molecule has 0 radical (unpaired) electrons. The molecule has 2 aliphatic heterocycles. The Morgan fingerprint density at radius 3 is 2.29 bits per heavy atom. The van der Waals surface area contributed by atoms with Gasteiger partial charge in [0, 0.05) is 18.9 Å². The van der Waals surface area contributed by atoms with E-state index in [1.807, 2.05) is 25.9 Å². The lowest BCUT2D eigenvalue weighted by atomic mass is 9.77. The lowest BCUT2D eigenvalue weighted by molar-refractivity contribution is -0.294. The Hall–Kier alpha value is -3.29. The number of cyclic esters (lactones) is 1. The molecule has 1 saturated heterocycles. The van der Waals surface area contributed by atoms with Crippen molar-refractivity contribution in [1.82, 2.24) is 4.90 Å². The van der Waals surface area contributed by atoms with Crippen LogP contribution in [-0.4, -0.2) is 109 Å². The second kappa shape index (κ2) is 16.6. The Kier molecular flexibility index (Phi) is 13.6. The minimum atomic E-state index is -2.29. The van der Waals surface area contributed by atoms with Crippen LogP contribution in [0.1, 0.15) is 78.1 Å². The van der Waals surface area contributed by atoms with E-state index in [2.05, 4.69) is 0 Å². The van der Waals surface area contributed by atoms with E-state index in [1.165, 1.54) is 21.0 Å². The van der Waals surface area contributed by atoms with Crippen molar-refractivity contribution in [3.05, 3.63) is 47.5 Å². The Labute approximate surface area is 289 Å². The van der Waals surface area contributed by atoms with Crippen molar-refractivity contribution in [3.63, 3.8) is 0 Å². The monoisotopic (exact) mass is 687 g/mol. The summed E-state index contributed by atoms with van der Waals surface area (Å²) >= 11 is 0. The number of ether oxygens (including phenoxy) is 5. The zero-order chi connectivity index (χ0) is 36.8.